The summed E-state index contributed by atoms with van der Waals surface area (Å²) < 4.78 is 27.1. The van der Waals surface area contributed by atoms with E-state index < -0.39 is 0 Å². The van der Waals surface area contributed by atoms with Gasteiger partial charge in [-0.15, -0.1) is 5.10 Å². The average molecular weight is 409 g/mol. The van der Waals surface area contributed by atoms with E-state index in [1.165, 1.54) is 23.5 Å². The molecule has 0 radical (unpaired) electrons. The van der Waals surface area contributed by atoms with Crippen molar-refractivity contribution in [2.75, 3.05) is 19.5 Å². The highest BCUT2D eigenvalue weighted by Crippen LogP contribution is 2.25. The molecule has 0 aliphatic rings. The number of hydrogen-bond donors (Lipinski definition) is 0. The van der Waals surface area contributed by atoms with E-state index in [0.717, 1.165) is 33.7 Å². The van der Waals surface area contributed by atoms with Gasteiger partial charge >= 0.3 is 0 Å². The molecule has 26 heavy (non-hydrogen) atoms. The van der Waals surface area contributed by atoms with E-state index >= 15 is 0 Å². The minimum Gasteiger partial charge on any atom is -0.497 e. The molecule has 0 spiro atoms. The van der Waals surface area contributed by atoms with Gasteiger partial charge in [0.05, 0.1) is 19.4 Å². The fraction of sp³-hybridized carbons (Fsp3) is 0.222. The molecule has 0 saturated carbocycles. The van der Waals surface area contributed by atoms with Gasteiger partial charge in [0, 0.05) is 5.75 Å². The molecule has 3 rings (SSSR count). The van der Waals surface area contributed by atoms with Crippen LogP contribution in [0.1, 0.15) is 6.42 Å². The Morgan fingerprint density at radius 3 is 2.50 bits per heavy atom. The van der Waals surface area contributed by atoms with Crippen molar-refractivity contribution in [1.82, 2.24) is 9.78 Å². The van der Waals surface area contributed by atoms with Crippen LogP contribution in [-0.4, -0.2) is 29.3 Å². The first kappa shape index (κ1) is 18.9. The minimum absolute atomic E-state index is 0.276. The molecule has 0 fully saturated rings. The molecule has 0 atom stereocenters. The zero-order valence-corrected chi connectivity index (χ0v) is 16.5. The third-order valence-corrected chi connectivity index (χ3v) is 5.89. The van der Waals surface area contributed by atoms with E-state index in [-0.39, 0.29) is 5.82 Å². The summed E-state index contributed by atoms with van der Waals surface area (Å²) >= 11 is 8.44. The molecule has 0 aliphatic carbocycles. The summed E-state index contributed by atoms with van der Waals surface area (Å²) in [5.41, 5.74) is 0.766. The van der Waals surface area contributed by atoms with E-state index in [1.54, 1.807) is 35.7 Å². The summed E-state index contributed by atoms with van der Waals surface area (Å²) in [4.78, 5) is 0. The number of thioether (sulfide) groups is 1. The molecule has 0 saturated heterocycles. The molecule has 1 aromatic heterocycles. The van der Waals surface area contributed by atoms with Gasteiger partial charge in [0.1, 0.15) is 17.3 Å². The highest BCUT2D eigenvalue weighted by molar-refractivity contribution is 8.01. The predicted molar refractivity (Wildman–Crippen MR) is 106 cm³/mol. The van der Waals surface area contributed by atoms with Crippen LogP contribution in [0, 0.1) is 9.77 Å². The van der Waals surface area contributed by atoms with Gasteiger partial charge in [-0.3, -0.25) is 0 Å². The van der Waals surface area contributed by atoms with Gasteiger partial charge in [-0.05, 0) is 67.2 Å². The second-order valence-electron chi connectivity index (χ2n) is 5.25. The standard InChI is InChI=1S/C18H17FN2O2S3/c1-22-15-7-9-16(10-8-15)23-11-2-12-25-17-20-21(18(24)26-17)14-5-3-13(19)4-6-14/h3-10H,2,11-12H2,1H3. The van der Waals surface area contributed by atoms with Crippen LogP contribution in [0.4, 0.5) is 4.39 Å². The summed E-state index contributed by atoms with van der Waals surface area (Å²) in [5.74, 6) is 2.24. The fourth-order valence-corrected chi connectivity index (χ4v) is 4.49. The summed E-state index contributed by atoms with van der Waals surface area (Å²) in [6.07, 6.45) is 0.888. The average Bonchev–Trinajstić information content (AvgIpc) is 3.03. The maximum Gasteiger partial charge on any atom is 0.184 e. The molecular formula is C18H17FN2O2S3. The first-order valence-electron chi connectivity index (χ1n) is 7.91. The van der Waals surface area contributed by atoms with Gasteiger partial charge in [0.15, 0.2) is 8.29 Å². The number of hydrogen-bond acceptors (Lipinski definition) is 6. The van der Waals surface area contributed by atoms with Gasteiger partial charge < -0.3 is 9.47 Å². The molecule has 0 bridgehead atoms. The third-order valence-electron chi connectivity index (χ3n) is 3.44. The lowest BCUT2D eigenvalue weighted by Gasteiger charge is -2.06. The Hall–Kier alpha value is -1.90. The number of rotatable bonds is 8. The summed E-state index contributed by atoms with van der Waals surface area (Å²) in [6.45, 7) is 0.628. The monoisotopic (exact) mass is 408 g/mol. The van der Waals surface area contributed by atoms with Crippen molar-refractivity contribution in [2.24, 2.45) is 0 Å². The molecule has 1 heterocycles. The van der Waals surface area contributed by atoms with Crippen molar-refractivity contribution in [3.8, 4) is 17.2 Å². The van der Waals surface area contributed by atoms with Crippen LogP contribution in [0.15, 0.2) is 52.9 Å². The third kappa shape index (κ3) is 5.06. The molecule has 2 aromatic carbocycles. The lowest BCUT2D eigenvalue weighted by molar-refractivity contribution is 0.318. The second-order valence-corrected chi connectivity index (χ2v) is 8.21. The fourth-order valence-electron chi connectivity index (χ4n) is 2.14. The zero-order chi connectivity index (χ0) is 18.4. The molecule has 0 unspecified atom stereocenters. The number of aromatic nitrogens is 2. The maximum atomic E-state index is 13.0. The largest absolute Gasteiger partial charge is 0.497 e. The van der Waals surface area contributed by atoms with Gasteiger partial charge in [0.2, 0.25) is 0 Å². The zero-order valence-electron chi connectivity index (χ0n) is 14.1. The predicted octanol–water partition coefficient (Wildman–Crippen LogP) is 5.37. The Morgan fingerprint density at radius 2 is 1.81 bits per heavy atom. The molecule has 0 N–H and O–H groups in total. The SMILES string of the molecule is COc1ccc(OCCCSc2nn(-c3ccc(F)cc3)c(=S)s2)cc1. The Bertz CT molecular complexity index is 892. The van der Waals surface area contributed by atoms with E-state index in [2.05, 4.69) is 5.10 Å². The van der Waals surface area contributed by atoms with E-state index in [4.69, 9.17) is 21.7 Å². The van der Waals surface area contributed by atoms with Crippen molar-refractivity contribution in [2.45, 2.75) is 10.8 Å². The van der Waals surface area contributed by atoms with Gasteiger partial charge in [-0.2, -0.15) is 0 Å². The first-order chi connectivity index (χ1) is 12.7. The van der Waals surface area contributed by atoms with Crippen LogP contribution < -0.4 is 9.47 Å². The van der Waals surface area contributed by atoms with Crippen LogP contribution in [0.2, 0.25) is 0 Å². The summed E-state index contributed by atoms with van der Waals surface area (Å²) in [7, 11) is 1.64. The van der Waals surface area contributed by atoms with Crippen molar-refractivity contribution in [3.63, 3.8) is 0 Å². The van der Waals surface area contributed by atoms with Crippen LogP contribution >= 0.6 is 35.3 Å². The van der Waals surface area contributed by atoms with Crippen molar-refractivity contribution in [1.29, 1.82) is 0 Å². The van der Waals surface area contributed by atoms with E-state index in [9.17, 15) is 4.39 Å². The molecule has 4 nitrogen and oxygen atoms in total. The molecule has 8 heteroatoms. The Balaban J connectivity index is 1.47. The first-order valence-corrected chi connectivity index (χ1v) is 10.1. The molecular weight excluding hydrogens is 391 g/mol. The highest BCUT2D eigenvalue weighted by atomic mass is 32.2. The topological polar surface area (TPSA) is 36.3 Å². The summed E-state index contributed by atoms with van der Waals surface area (Å²) in [6, 6.07) is 13.7. The highest BCUT2D eigenvalue weighted by Gasteiger charge is 2.07. The Kier molecular flexibility index (Phi) is 6.65. The van der Waals surface area contributed by atoms with Crippen molar-refractivity contribution in [3.05, 3.63) is 58.3 Å². The Labute approximate surface area is 164 Å². The van der Waals surface area contributed by atoms with E-state index in [0.29, 0.717) is 10.6 Å². The number of ether oxygens (including phenoxy) is 2. The van der Waals surface area contributed by atoms with Gasteiger partial charge in [0.25, 0.3) is 0 Å². The van der Waals surface area contributed by atoms with Crippen LogP contribution in [-0.2, 0) is 0 Å². The lowest BCUT2D eigenvalue weighted by Crippen LogP contribution is -1.99. The molecule has 136 valence electrons. The Morgan fingerprint density at radius 1 is 1.12 bits per heavy atom. The van der Waals surface area contributed by atoms with Gasteiger partial charge in [-0.1, -0.05) is 23.1 Å². The normalized spacial score (nSPS) is 10.7. The van der Waals surface area contributed by atoms with Crippen LogP contribution in [0.3, 0.4) is 0 Å². The molecule has 0 aliphatic heterocycles. The van der Waals surface area contributed by atoms with Crippen LogP contribution in [0.25, 0.3) is 5.69 Å². The minimum atomic E-state index is -0.276. The maximum absolute atomic E-state index is 13.0. The quantitative estimate of drug-likeness (QED) is 0.284. The van der Waals surface area contributed by atoms with Crippen molar-refractivity contribution >= 4 is 35.3 Å². The smallest absolute Gasteiger partial charge is 0.184 e. The number of halogens is 1. The number of methoxy groups -OCH3 is 1. The van der Waals surface area contributed by atoms with Crippen molar-refractivity contribution < 1.29 is 13.9 Å². The van der Waals surface area contributed by atoms with Crippen LogP contribution in [0.5, 0.6) is 11.5 Å². The summed E-state index contributed by atoms with van der Waals surface area (Å²) in [5, 5.41) is 4.50. The lowest BCUT2D eigenvalue weighted by atomic mass is 10.3. The molecule has 0 amide bonds. The molecule has 3 aromatic rings. The number of nitrogens with zero attached hydrogens (tertiary/aromatic N) is 2. The number of benzene rings is 2. The van der Waals surface area contributed by atoms with Gasteiger partial charge in [-0.25, -0.2) is 9.07 Å². The second kappa shape index (κ2) is 9.16. The van der Waals surface area contributed by atoms with E-state index in [1.807, 2.05) is 24.3 Å².